The van der Waals surface area contributed by atoms with Gasteiger partial charge in [-0.3, -0.25) is 4.79 Å². The molecule has 0 bridgehead atoms. The molecule has 0 aliphatic rings. The molecule has 0 radical (unpaired) electrons. The van der Waals surface area contributed by atoms with E-state index in [1.165, 1.54) is 0 Å². The third-order valence-corrected chi connectivity index (χ3v) is 2.57. The number of hydrogen-bond donors (Lipinski definition) is 3. The Kier molecular flexibility index (Phi) is 6.86. The number of amides is 2. The summed E-state index contributed by atoms with van der Waals surface area (Å²) in [6, 6.07) is 6.72. The highest BCUT2D eigenvalue weighted by molar-refractivity contribution is 5.74. The van der Waals surface area contributed by atoms with Crippen LogP contribution in [0.4, 0.5) is 4.79 Å². The highest BCUT2D eigenvalue weighted by atomic mass is 16.5. The predicted molar refractivity (Wildman–Crippen MR) is 76.7 cm³/mol. The molecule has 0 aliphatic carbocycles. The fourth-order valence-corrected chi connectivity index (χ4v) is 1.51. The summed E-state index contributed by atoms with van der Waals surface area (Å²) in [5.41, 5.74) is 0. The highest BCUT2D eigenvalue weighted by Crippen LogP contribution is 2.17. The first-order valence-electron chi connectivity index (χ1n) is 6.55. The van der Waals surface area contributed by atoms with Gasteiger partial charge in [-0.2, -0.15) is 0 Å². The van der Waals surface area contributed by atoms with E-state index in [1.54, 1.807) is 31.4 Å². The first-order chi connectivity index (χ1) is 10.0. The van der Waals surface area contributed by atoms with Crippen molar-refractivity contribution in [1.29, 1.82) is 0 Å². The molecule has 116 valence electrons. The van der Waals surface area contributed by atoms with E-state index in [0.717, 1.165) is 5.75 Å². The Morgan fingerprint density at radius 1 is 1.19 bits per heavy atom. The molecule has 1 unspecified atom stereocenters. The fraction of sp³-hybridized carbons (Fsp3) is 0.429. The molecule has 0 heterocycles. The van der Waals surface area contributed by atoms with Gasteiger partial charge in [0.25, 0.3) is 0 Å². The topological polar surface area (TPSA) is 96.9 Å². The molecule has 1 aromatic rings. The Bertz CT molecular complexity index is 461. The van der Waals surface area contributed by atoms with Crippen molar-refractivity contribution in [3.63, 3.8) is 0 Å². The first-order valence-corrected chi connectivity index (χ1v) is 6.55. The van der Waals surface area contributed by atoms with Crippen LogP contribution in [0, 0.1) is 0 Å². The van der Waals surface area contributed by atoms with Crippen molar-refractivity contribution in [2.75, 3.05) is 20.2 Å². The molecule has 0 saturated carbocycles. The molecule has 2 amide bonds. The number of nitrogens with one attached hydrogen (secondary N) is 2. The zero-order chi connectivity index (χ0) is 15.7. The number of carboxylic acid groups (broad SMARTS) is 1. The van der Waals surface area contributed by atoms with E-state index in [2.05, 4.69) is 10.6 Å². The third kappa shape index (κ3) is 7.05. The van der Waals surface area contributed by atoms with Gasteiger partial charge in [-0.1, -0.05) is 0 Å². The van der Waals surface area contributed by atoms with Gasteiger partial charge >= 0.3 is 12.0 Å². The monoisotopic (exact) mass is 296 g/mol. The molecular weight excluding hydrogens is 276 g/mol. The van der Waals surface area contributed by atoms with Gasteiger partial charge in [0.05, 0.1) is 20.1 Å². The Hall–Kier alpha value is -2.44. The average Bonchev–Trinajstić information content (AvgIpc) is 2.45. The molecule has 1 rings (SSSR count). The lowest BCUT2D eigenvalue weighted by molar-refractivity contribution is -0.136. The number of urea groups is 1. The number of carboxylic acids is 1. The molecule has 0 aromatic heterocycles. The van der Waals surface area contributed by atoms with E-state index < -0.39 is 12.0 Å². The van der Waals surface area contributed by atoms with Gasteiger partial charge in [0.2, 0.25) is 0 Å². The molecular formula is C14H20N2O5. The number of benzene rings is 1. The van der Waals surface area contributed by atoms with Gasteiger partial charge < -0.3 is 25.2 Å². The van der Waals surface area contributed by atoms with Crippen LogP contribution in [0.2, 0.25) is 0 Å². The number of rotatable bonds is 8. The molecule has 7 nitrogen and oxygen atoms in total. The van der Waals surface area contributed by atoms with E-state index in [4.69, 9.17) is 14.6 Å². The largest absolute Gasteiger partial charge is 0.497 e. The number of hydrogen-bond acceptors (Lipinski definition) is 4. The maximum atomic E-state index is 11.4. The lowest BCUT2D eigenvalue weighted by Gasteiger charge is -2.16. The van der Waals surface area contributed by atoms with Crippen molar-refractivity contribution in [2.24, 2.45) is 0 Å². The van der Waals surface area contributed by atoms with Crippen LogP contribution in [0.5, 0.6) is 11.5 Å². The number of carbonyl (C=O) groups excluding carboxylic acids is 1. The summed E-state index contributed by atoms with van der Waals surface area (Å²) >= 11 is 0. The van der Waals surface area contributed by atoms with Crippen molar-refractivity contribution in [3.8, 4) is 11.5 Å². The van der Waals surface area contributed by atoms with Gasteiger partial charge in [0.1, 0.15) is 17.6 Å². The van der Waals surface area contributed by atoms with Crippen LogP contribution in [-0.2, 0) is 4.79 Å². The molecule has 0 saturated heterocycles. The Balaban J connectivity index is 2.24. The van der Waals surface area contributed by atoms with E-state index in [-0.39, 0.29) is 19.1 Å². The van der Waals surface area contributed by atoms with E-state index >= 15 is 0 Å². The zero-order valence-electron chi connectivity index (χ0n) is 12.1. The van der Waals surface area contributed by atoms with E-state index in [0.29, 0.717) is 12.3 Å². The number of carbonyl (C=O) groups is 2. The van der Waals surface area contributed by atoms with Gasteiger partial charge in [-0.05, 0) is 31.2 Å². The molecule has 21 heavy (non-hydrogen) atoms. The van der Waals surface area contributed by atoms with Crippen LogP contribution in [0.1, 0.15) is 13.3 Å². The highest BCUT2D eigenvalue weighted by Gasteiger charge is 2.07. The quantitative estimate of drug-likeness (QED) is 0.670. The molecule has 0 aliphatic heterocycles. The minimum absolute atomic E-state index is 0.0921. The first kappa shape index (κ1) is 16.6. The Labute approximate surface area is 123 Å². The normalized spacial score (nSPS) is 11.3. The molecule has 7 heteroatoms. The fourth-order valence-electron chi connectivity index (χ4n) is 1.51. The van der Waals surface area contributed by atoms with Gasteiger partial charge in [0.15, 0.2) is 0 Å². The Morgan fingerprint density at radius 2 is 1.81 bits per heavy atom. The SMILES string of the molecule is COc1ccc(OC(C)CNC(=O)NCCC(=O)O)cc1. The lowest BCUT2D eigenvalue weighted by Crippen LogP contribution is -2.41. The second-order valence-corrected chi connectivity index (χ2v) is 4.38. The summed E-state index contributed by atoms with van der Waals surface area (Å²) in [5, 5.41) is 13.5. The molecule has 3 N–H and O–H groups in total. The minimum atomic E-state index is -0.952. The van der Waals surface area contributed by atoms with Crippen molar-refractivity contribution in [3.05, 3.63) is 24.3 Å². The third-order valence-electron chi connectivity index (χ3n) is 2.57. The number of aliphatic carboxylic acids is 1. The minimum Gasteiger partial charge on any atom is -0.497 e. The van der Waals surface area contributed by atoms with Crippen LogP contribution in [-0.4, -0.2) is 43.4 Å². The molecule has 1 aromatic carbocycles. The van der Waals surface area contributed by atoms with Gasteiger partial charge in [-0.15, -0.1) is 0 Å². The molecule has 0 spiro atoms. The second-order valence-electron chi connectivity index (χ2n) is 4.38. The summed E-state index contributed by atoms with van der Waals surface area (Å²) in [6.45, 7) is 2.22. The zero-order valence-corrected chi connectivity index (χ0v) is 12.1. The van der Waals surface area contributed by atoms with Crippen molar-refractivity contribution in [1.82, 2.24) is 10.6 Å². The predicted octanol–water partition coefficient (Wildman–Crippen LogP) is 1.24. The second kappa shape index (κ2) is 8.68. The van der Waals surface area contributed by atoms with Crippen LogP contribution in [0.25, 0.3) is 0 Å². The summed E-state index contributed by atoms with van der Waals surface area (Å²) in [5.74, 6) is 0.467. The van der Waals surface area contributed by atoms with Crippen LogP contribution < -0.4 is 20.1 Å². The van der Waals surface area contributed by atoms with E-state index in [1.807, 2.05) is 6.92 Å². The van der Waals surface area contributed by atoms with Crippen molar-refractivity contribution >= 4 is 12.0 Å². The Morgan fingerprint density at radius 3 is 2.38 bits per heavy atom. The number of methoxy groups -OCH3 is 1. The summed E-state index contributed by atoms with van der Waals surface area (Å²) < 4.78 is 10.7. The summed E-state index contributed by atoms with van der Waals surface area (Å²) in [4.78, 5) is 21.7. The summed E-state index contributed by atoms with van der Waals surface area (Å²) in [7, 11) is 1.59. The molecule has 1 atom stereocenters. The maximum absolute atomic E-state index is 11.4. The average molecular weight is 296 g/mol. The van der Waals surface area contributed by atoms with Gasteiger partial charge in [-0.25, -0.2) is 4.79 Å². The van der Waals surface area contributed by atoms with Crippen molar-refractivity contribution in [2.45, 2.75) is 19.4 Å². The smallest absolute Gasteiger partial charge is 0.314 e. The van der Waals surface area contributed by atoms with Gasteiger partial charge in [0, 0.05) is 6.54 Å². The standard InChI is InChI=1S/C14H20N2O5/c1-10(9-16-14(19)15-8-7-13(17)18)21-12-5-3-11(20-2)4-6-12/h3-6,10H,7-9H2,1-2H3,(H,17,18)(H2,15,16,19). The maximum Gasteiger partial charge on any atom is 0.314 e. The van der Waals surface area contributed by atoms with Crippen LogP contribution in [0.3, 0.4) is 0 Å². The van der Waals surface area contributed by atoms with Crippen LogP contribution >= 0.6 is 0 Å². The van der Waals surface area contributed by atoms with Crippen molar-refractivity contribution < 1.29 is 24.2 Å². The lowest BCUT2D eigenvalue weighted by atomic mass is 10.3. The molecule has 0 fully saturated rings. The van der Waals surface area contributed by atoms with E-state index in [9.17, 15) is 9.59 Å². The number of ether oxygens (including phenoxy) is 2. The van der Waals surface area contributed by atoms with Crippen LogP contribution in [0.15, 0.2) is 24.3 Å². The summed E-state index contributed by atoms with van der Waals surface area (Å²) in [6.07, 6.45) is -0.325.